The highest BCUT2D eigenvalue weighted by Crippen LogP contribution is 2.29. The van der Waals surface area contributed by atoms with Gasteiger partial charge in [0.25, 0.3) is 0 Å². The van der Waals surface area contributed by atoms with Crippen LogP contribution >= 0.6 is 0 Å². The van der Waals surface area contributed by atoms with Crippen LogP contribution in [0.15, 0.2) is 47.4 Å². The van der Waals surface area contributed by atoms with Crippen molar-refractivity contribution in [2.75, 3.05) is 11.4 Å². The minimum atomic E-state index is -3.79. The monoisotopic (exact) mass is 386 g/mol. The number of aryl methyl sites for hydroxylation is 2. The number of carbonyl (C=O) groups excluding carboxylic acids is 1. The third kappa shape index (κ3) is 3.92. The number of hydrogen-bond acceptors (Lipinski definition) is 3. The van der Waals surface area contributed by atoms with Gasteiger partial charge in [-0.3, -0.25) is 4.79 Å². The molecule has 27 heavy (non-hydrogen) atoms. The Morgan fingerprint density at radius 2 is 1.78 bits per heavy atom. The third-order valence-corrected chi connectivity index (χ3v) is 6.60. The maximum atomic E-state index is 13.2. The summed E-state index contributed by atoms with van der Waals surface area (Å²) in [5.41, 5.74) is 3.92. The van der Waals surface area contributed by atoms with Crippen molar-refractivity contribution in [3.8, 4) is 0 Å². The van der Waals surface area contributed by atoms with Gasteiger partial charge in [-0.05, 0) is 61.1 Å². The summed E-state index contributed by atoms with van der Waals surface area (Å²) in [5, 5.41) is 0. The summed E-state index contributed by atoms with van der Waals surface area (Å²) in [7, 11) is -3.79. The highest BCUT2D eigenvalue weighted by atomic mass is 32.2. The first kappa shape index (κ1) is 19.6. The van der Waals surface area contributed by atoms with Crippen LogP contribution in [-0.2, 0) is 21.2 Å². The summed E-state index contributed by atoms with van der Waals surface area (Å²) in [6.45, 7) is 8.10. The van der Waals surface area contributed by atoms with E-state index in [1.54, 1.807) is 23.1 Å². The van der Waals surface area contributed by atoms with E-state index in [1.807, 2.05) is 52.0 Å². The average molecular weight is 387 g/mol. The molecule has 2 aromatic carbocycles. The first-order chi connectivity index (χ1) is 12.7. The number of amides is 1. The first-order valence-corrected chi connectivity index (χ1v) is 10.7. The highest BCUT2D eigenvalue weighted by Gasteiger charge is 2.34. The fraction of sp³-hybridized carbons (Fsp3) is 0.381. The zero-order chi connectivity index (χ0) is 19.8. The van der Waals surface area contributed by atoms with Crippen molar-refractivity contribution in [3.63, 3.8) is 0 Å². The maximum Gasteiger partial charge on any atom is 0.245 e. The second-order valence-electron chi connectivity index (χ2n) is 7.46. The van der Waals surface area contributed by atoms with Gasteiger partial charge >= 0.3 is 0 Å². The number of nitrogens with zero attached hydrogens (tertiary/aromatic N) is 1. The standard InChI is InChI=1S/C21H26N2O3S/c1-14(2)20(21(24)23-12-11-17-7-5-6-8-19(17)23)22-27(25,26)18-10-9-15(3)16(4)13-18/h5-10,13-14,20,22H,11-12H2,1-4H3/t20-/m1/s1. The van der Waals surface area contributed by atoms with Crippen molar-refractivity contribution in [2.24, 2.45) is 5.92 Å². The Morgan fingerprint density at radius 1 is 1.07 bits per heavy atom. The largest absolute Gasteiger partial charge is 0.310 e. The second-order valence-corrected chi connectivity index (χ2v) is 9.17. The molecule has 1 heterocycles. The number of hydrogen-bond donors (Lipinski definition) is 1. The number of fused-ring (bicyclic) bond motifs is 1. The van der Waals surface area contributed by atoms with Gasteiger partial charge < -0.3 is 4.90 Å². The molecule has 0 saturated heterocycles. The van der Waals surface area contributed by atoms with Crippen LogP contribution in [0.3, 0.4) is 0 Å². The van der Waals surface area contributed by atoms with Gasteiger partial charge in [0.1, 0.15) is 6.04 Å². The fourth-order valence-electron chi connectivity index (χ4n) is 3.32. The summed E-state index contributed by atoms with van der Waals surface area (Å²) in [6.07, 6.45) is 0.788. The molecule has 0 aliphatic carbocycles. The van der Waals surface area contributed by atoms with E-state index in [0.717, 1.165) is 28.8 Å². The van der Waals surface area contributed by atoms with E-state index in [0.29, 0.717) is 6.54 Å². The number of carbonyl (C=O) groups is 1. The number of sulfonamides is 1. The summed E-state index contributed by atoms with van der Waals surface area (Å²) in [4.78, 5) is 15.1. The van der Waals surface area contributed by atoms with Crippen LogP contribution in [0.1, 0.15) is 30.5 Å². The minimum absolute atomic E-state index is 0.174. The summed E-state index contributed by atoms with van der Waals surface area (Å²) in [6, 6.07) is 12.0. The molecule has 2 aromatic rings. The lowest BCUT2D eigenvalue weighted by molar-refractivity contribution is -0.121. The van der Waals surface area contributed by atoms with Gasteiger partial charge in [-0.15, -0.1) is 0 Å². The van der Waals surface area contributed by atoms with Crippen molar-refractivity contribution >= 4 is 21.6 Å². The molecule has 6 heteroatoms. The van der Waals surface area contributed by atoms with E-state index in [2.05, 4.69) is 4.72 Å². The van der Waals surface area contributed by atoms with Gasteiger partial charge in [-0.25, -0.2) is 8.42 Å². The highest BCUT2D eigenvalue weighted by molar-refractivity contribution is 7.89. The zero-order valence-corrected chi connectivity index (χ0v) is 17.0. The molecule has 0 fully saturated rings. The van der Waals surface area contributed by atoms with Gasteiger partial charge in [0.15, 0.2) is 0 Å². The number of benzene rings is 2. The summed E-state index contributed by atoms with van der Waals surface area (Å²) in [5.74, 6) is -0.381. The zero-order valence-electron chi connectivity index (χ0n) is 16.2. The summed E-state index contributed by atoms with van der Waals surface area (Å²) >= 11 is 0. The predicted molar refractivity (Wildman–Crippen MR) is 107 cm³/mol. The lowest BCUT2D eigenvalue weighted by Crippen LogP contribution is -2.51. The molecule has 1 atom stereocenters. The Kier molecular flexibility index (Phi) is 5.40. The van der Waals surface area contributed by atoms with Crippen molar-refractivity contribution in [1.82, 2.24) is 4.72 Å². The molecule has 1 amide bonds. The van der Waals surface area contributed by atoms with E-state index in [1.165, 1.54) is 0 Å². The number of para-hydroxylation sites is 1. The molecule has 3 rings (SSSR count). The van der Waals surface area contributed by atoms with Gasteiger partial charge in [0, 0.05) is 12.2 Å². The van der Waals surface area contributed by atoms with E-state index < -0.39 is 16.1 Å². The molecule has 0 saturated carbocycles. The Labute approximate surface area is 161 Å². The van der Waals surface area contributed by atoms with Gasteiger partial charge in [0.2, 0.25) is 15.9 Å². The molecule has 1 aliphatic rings. The van der Waals surface area contributed by atoms with E-state index in [9.17, 15) is 13.2 Å². The molecule has 1 aliphatic heterocycles. The van der Waals surface area contributed by atoms with Gasteiger partial charge in [0.05, 0.1) is 4.90 Å². The van der Waals surface area contributed by atoms with Gasteiger partial charge in [-0.1, -0.05) is 38.1 Å². The third-order valence-electron chi connectivity index (χ3n) is 5.16. The SMILES string of the molecule is Cc1ccc(S(=O)(=O)N[C@@H](C(=O)N2CCc3ccccc32)C(C)C)cc1C. The van der Waals surface area contributed by atoms with Crippen LogP contribution < -0.4 is 9.62 Å². The van der Waals surface area contributed by atoms with Crippen LogP contribution in [0.5, 0.6) is 0 Å². The Morgan fingerprint density at radius 3 is 2.44 bits per heavy atom. The van der Waals surface area contributed by atoms with E-state index in [4.69, 9.17) is 0 Å². The van der Waals surface area contributed by atoms with Crippen molar-refractivity contribution in [2.45, 2.75) is 45.1 Å². The Hall–Kier alpha value is -2.18. The topological polar surface area (TPSA) is 66.5 Å². The molecule has 0 unspecified atom stereocenters. The van der Waals surface area contributed by atoms with Crippen molar-refractivity contribution < 1.29 is 13.2 Å². The van der Waals surface area contributed by atoms with E-state index >= 15 is 0 Å². The smallest absolute Gasteiger partial charge is 0.245 e. The normalized spacial score (nSPS) is 15.1. The molecule has 5 nitrogen and oxygen atoms in total. The number of anilines is 1. The second kappa shape index (κ2) is 7.44. The maximum absolute atomic E-state index is 13.2. The molecule has 1 N–H and O–H groups in total. The predicted octanol–water partition coefficient (Wildman–Crippen LogP) is 3.20. The van der Waals surface area contributed by atoms with Crippen molar-refractivity contribution in [3.05, 3.63) is 59.2 Å². The lowest BCUT2D eigenvalue weighted by Gasteiger charge is -2.27. The summed E-state index contributed by atoms with van der Waals surface area (Å²) < 4.78 is 28.4. The van der Waals surface area contributed by atoms with Gasteiger partial charge in [-0.2, -0.15) is 4.72 Å². The molecule has 0 radical (unpaired) electrons. The van der Waals surface area contributed by atoms with Crippen LogP contribution in [0.4, 0.5) is 5.69 Å². The van der Waals surface area contributed by atoms with E-state index in [-0.39, 0.29) is 16.7 Å². The number of rotatable bonds is 5. The van der Waals surface area contributed by atoms with Crippen LogP contribution in [0, 0.1) is 19.8 Å². The molecular weight excluding hydrogens is 360 g/mol. The van der Waals surface area contributed by atoms with Crippen molar-refractivity contribution in [1.29, 1.82) is 0 Å². The van der Waals surface area contributed by atoms with Crippen LogP contribution in [0.25, 0.3) is 0 Å². The Balaban J connectivity index is 1.88. The molecule has 0 aromatic heterocycles. The Bertz CT molecular complexity index is 967. The fourth-order valence-corrected chi connectivity index (χ4v) is 4.75. The molecule has 0 spiro atoms. The quantitative estimate of drug-likeness (QED) is 0.858. The minimum Gasteiger partial charge on any atom is -0.310 e. The first-order valence-electron chi connectivity index (χ1n) is 9.19. The molecular formula is C21H26N2O3S. The van der Waals surface area contributed by atoms with Crippen LogP contribution in [0.2, 0.25) is 0 Å². The lowest BCUT2D eigenvalue weighted by atomic mass is 10.0. The van der Waals surface area contributed by atoms with Crippen LogP contribution in [-0.4, -0.2) is 26.9 Å². The average Bonchev–Trinajstić information content (AvgIpc) is 3.05. The molecule has 144 valence electrons. The number of nitrogens with one attached hydrogen (secondary N) is 1. The molecule has 0 bridgehead atoms.